The highest BCUT2D eigenvalue weighted by Gasteiger charge is 2.55. The molecule has 1 heterocycles. The Bertz CT molecular complexity index is 1260. The highest BCUT2D eigenvalue weighted by atomic mass is 32.2. The largest absolute Gasteiger partial charge is 0.395 e. The van der Waals surface area contributed by atoms with Crippen LogP contribution in [0.5, 0.6) is 0 Å². The Morgan fingerprint density at radius 3 is 2.16 bits per heavy atom. The zero-order valence-electron chi connectivity index (χ0n) is 16.2. The van der Waals surface area contributed by atoms with Gasteiger partial charge < -0.3 is 5.11 Å². The summed E-state index contributed by atoms with van der Waals surface area (Å²) in [6.07, 6.45) is 0. The maximum atomic E-state index is 13.6. The van der Waals surface area contributed by atoms with Crippen LogP contribution < -0.4 is 0 Å². The van der Waals surface area contributed by atoms with Gasteiger partial charge >= 0.3 is 0 Å². The van der Waals surface area contributed by atoms with Gasteiger partial charge in [-0.1, -0.05) is 42.5 Å². The molecule has 4 rings (SSSR count). The van der Waals surface area contributed by atoms with Crippen LogP contribution >= 0.6 is 0 Å². The fourth-order valence-corrected chi connectivity index (χ4v) is 5.80. The lowest BCUT2D eigenvalue weighted by Gasteiger charge is -2.50. The van der Waals surface area contributed by atoms with Crippen LogP contribution in [0.2, 0.25) is 0 Å². The highest BCUT2D eigenvalue weighted by molar-refractivity contribution is 7.89. The zero-order chi connectivity index (χ0) is 22.2. The first-order chi connectivity index (χ1) is 14.9. The van der Waals surface area contributed by atoms with Crippen molar-refractivity contribution in [1.82, 2.24) is 4.31 Å². The minimum atomic E-state index is -4.17. The number of rotatable bonds is 5. The van der Waals surface area contributed by atoms with E-state index in [9.17, 15) is 27.6 Å². The summed E-state index contributed by atoms with van der Waals surface area (Å²) in [5.74, 6) is -1.62. The van der Waals surface area contributed by atoms with E-state index < -0.39 is 40.4 Å². The third-order valence-corrected chi connectivity index (χ3v) is 7.40. The molecule has 0 aliphatic carbocycles. The molecule has 3 aromatic carbocycles. The van der Waals surface area contributed by atoms with Crippen molar-refractivity contribution in [3.63, 3.8) is 0 Å². The van der Waals surface area contributed by atoms with Gasteiger partial charge in [0.05, 0.1) is 23.6 Å². The molecule has 1 saturated heterocycles. The van der Waals surface area contributed by atoms with Crippen molar-refractivity contribution in [3.05, 3.63) is 90.0 Å². The number of halogens is 2. The molecule has 8 heteroatoms. The molecule has 3 atom stereocenters. The third-order valence-electron chi connectivity index (χ3n) is 5.50. The Morgan fingerprint density at radius 1 is 0.935 bits per heavy atom. The minimum absolute atomic E-state index is 0.272. The fraction of sp³-hybridized carbons (Fsp3) is 0.174. The van der Waals surface area contributed by atoms with Gasteiger partial charge in [0.1, 0.15) is 17.7 Å². The summed E-state index contributed by atoms with van der Waals surface area (Å²) in [7, 11) is -4.17. The predicted molar refractivity (Wildman–Crippen MR) is 110 cm³/mol. The number of hydrogen-bond donors (Lipinski definition) is 1. The maximum Gasteiger partial charge on any atom is 0.244 e. The summed E-state index contributed by atoms with van der Waals surface area (Å²) in [6, 6.07) is 17.8. The Morgan fingerprint density at radius 2 is 1.58 bits per heavy atom. The Labute approximate surface area is 178 Å². The minimum Gasteiger partial charge on any atom is -0.395 e. The number of sulfonamides is 1. The molecule has 5 nitrogen and oxygen atoms in total. The Kier molecular flexibility index (Phi) is 5.58. The van der Waals surface area contributed by atoms with E-state index in [1.54, 1.807) is 36.4 Å². The van der Waals surface area contributed by atoms with E-state index in [1.165, 1.54) is 24.3 Å². The summed E-state index contributed by atoms with van der Waals surface area (Å²) >= 11 is 0. The van der Waals surface area contributed by atoms with Crippen molar-refractivity contribution in [3.8, 4) is 17.2 Å². The lowest BCUT2D eigenvalue weighted by molar-refractivity contribution is 0.0556. The molecule has 0 radical (unpaired) electrons. The van der Waals surface area contributed by atoms with Crippen LogP contribution in [0.15, 0.2) is 77.7 Å². The van der Waals surface area contributed by atoms with E-state index in [2.05, 4.69) is 0 Å². The second-order valence-electron chi connectivity index (χ2n) is 7.27. The van der Waals surface area contributed by atoms with Crippen LogP contribution in [0.25, 0.3) is 11.1 Å². The molecule has 0 amide bonds. The van der Waals surface area contributed by atoms with Crippen molar-refractivity contribution in [2.75, 3.05) is 6.61 Å². The maximum absolute atomic E-state index is 13.6. The van der Waals surface area contributed by atoms with Crippen LogP contribution in [0.4, 0.5) is 8.78 Å². The summed E-state index contributed by atoms with van der Waals surface area (Å²) in [5, 5.41) is 19.6. The molecule has 1 aliphatic heterocycles. The van der Waals surface area contributed by atoms with E-state index in [1.807, 2.05) is 6.07 Å². The number of aliphatic hydroxyl groups excluding tert-OH is 1. The van der Waals surface area contributed by atoms with Crippen LogP contribution in [-0.4, -0.2) is 36.5 Å². The molecule has 0 saturated carbocycles. The summed E-state index contributed by atoms with van der Waals surface area (Å²) in [6.45, 7) is -0.497. The van der Waals surface area contributed by atoms with Gasteiger partial charge in [0, 0.05) is 5.92 Å². The first-order valence-electron chi connectivity index (χ1n) is 9.52. The fourth-order valence-electron chi connectivity index (χ4n) is 4.01. The zero-order valence-corrected chi connectivity index (χ0v) is 17.0. The van der Waals surface area contributed by atoms with Gasteiger partial charge in [-0.3, -0.25) is 0 Å². The second kappa shape index (κ2) is 8.19. The van der Waals surface area contributed by atoms with Gasteiger partial charge in [-0.15, -0.1) is 0 Å². The van der Waals surface area contributed by atoms with Gasteiger partial charge in [-0.25, -0.2) is 17.2 Å². The molecule has 158 valence electrons. The number of nitriles is 1. The van der Waals surface area contributed by atoms with Gasteiger partial charge in [0.25, 0.3) is 0 Å². The lowest BCUT2D eigenvalue weighted by atomic mass is 9.78. The van der Waals surface area contributed by atoms with E-state index in [-0.39, 0.29) is 10.7 Å². The second-order valence-corrected chi connectivity index (χ2v) is 9.12. The van der Waals surface area contributed by atoms with E-state index >= 15 is 0 Å². The standard InChI is InChI=1S/C23H18F2N2O3S/c24-18-4-1-3-17(11-18)15-7-9-16(10-8-15)23-21(13-26)27(22(23)14-28)31(29,30)20-6-2-5-19(25)12-20/h1-12,21-23,28H,14H2/t21-,22+,23-/m1/s1. The average molecular weight is 440 g/mol. The molecule has 0 bridgehead atoms. The molecular weight excluding hydrogens is 422 g/mol. The number of hydrogen-bond acceptors (Lipinski definition) is 4. The molecule has 1 fully saturated rings. The van der Waals surface area contributed by atoms with Gasteiger partial charge in [0.2, 0.25) is 10.0 Å². The Balaban J connectivity index is 1.65. The van der Waals surface area contributed by atoms with Crippen molar-refractivity contribution >= 4 is 10.0 Å². The topological polar surface area (TPSA) is 81.4 Å². The Hall–Kier alpha value is -3.12. The first kappa shape index (κ1) is 21.1. The van der Waals surface area contributed by atoms with Crippen molar-refractivity contribution in [2.45, 2.75) is 22.9 Å². The summed E-state index contributed by atoms with van der Waals surface area (Å²) < 4.78 is 54.0. The summed E-state index contributed by atoms with van der Waals surface area (Å²) in [5.41, 5.74) is 2.13. The van der Waals surface area contributed by atoms with Crippen LogP contribution in [0.3, 0.4) is 0 Å². The van der Waals surface area contributed by atoms with Crippen molar-refractivity contribution in [1.29, 1.82) is 5.26 Å². The molecule has 0 unspecified atom stereocenters. The van der Waals surface area contributed by atoms with Gasteiger partial charge in [0.15, 0.2) is 0 Å². The average Bonchev–Trinajstić information content (AvgIpc) is 2.74. The van der Waals surface area contributed by atoms with E-state index in [0.29, 0.717) is 11.1 Å². The smallest absolute Gasteiger partial charge is 0.244 e. The normalized spacial score (nSPS) is 21.3. The number of benzene rings is 3. The molecule has 1 aliphatic rings. The number of nitrogens with zero attached hydrogens (tertiary/aromatic N) is 2. The number of aliphatic hydroxyl groups is 1. The predicted octanol–water partition coefficient (Wildman–Crippen LogP) is 3.67. The monoisotopic (exact) mass is 440 g/mol. The molecule has 3 aromatic rings. The molecule has 31 heavy (non-hydrogen) atoms. The third kappa shape index (κ3) is 3.72. The lowest BCUT2D eigenvalue weighted by Crippen LogP contribution is -2.65. The quantitative estimate of drug-likeness (QED) is 0.656. The van der Waals surface area contributed by atoms with Crippen molar-refractivity contribution < 1.29 is 22.3 Å². The first-order valence-corrected chi connectivity index (χ1v) is 11.0. The van der Waals surface area contributed by atoms with Crippen LogP contribution in [0, 0.1) is 23.0 Å². The van der Waals surface area contributed by atoms with Crippen molar-refractivity contribution in [2.24, 2.45) is 0 Å². The van der Waals surface area contributed by atoms with Crippen LogP contribution in [-0.2, 0) is 10.0 Å². The van der Waals surface area contributed by atoms with E-state index in [0.717, 1.165) is 22.0 Å². The summed E-state index contributed by atoms with van der Waals surface area (Å²) in [4.78, 5) is -0.272. The highest BCUT2D eigenvalue weighted by Crippen LogP contribution is 2.44. The van der Waals surface area contributed by atoms with Crippen LogP contribution in [0.1, 0.15) is 11.5 Å². The van der Waals surface area contributed by atoms with Gasteiger partial charge in [-0.2, -0.15) is 9.57 Å². The SMILES string of the molecule is N#C[C@@H]1[C@@H](c2ccc(-c3cccc(F)c3)cc2)[C@H](CO)N1S(=O)(=O)c1cccc(F)c1. The molecule has 1 N–H and O–H groups in total. The molecule has 0 spiro atoms. The molecular formula is C23H18F2N2O3S. The molecule has 0 aromatic heterocycles. The van der Waals surface area contributed by atoms with Gasteiger partial charge in [-0.05, 0) is 47.0 Å². The van der Waals surface area contributed by atoms with E-state index in [4.69, 9.17) is 0 Å².